The number of anilines is 2. The number of hydrogen-bond donors (Lipinski definition) is 2. The number of carbonyl (C=O) groups is 1. The summed E-state index contributed by atoms with van der Waals surface area (Å²) in [6.45, 7) is 7.79. The van der Waals surface area contributed by atoms with Crippen LogP contribution in [0.3, 0.4) is 0 Å². The van der Waals surface area contributed by atoms with Gasteiger partial charge in [0.25, 0.3) is 5.91 Å². The van der Waals surface area contributed by atoms with E-state index < -0.39 is 0 Å². The molecule has 2 aromatic rings. The van der Waals surface area contributed by atoms with Crippen LogP contribution in [0, 0.1) is 20.8 Å². The number of benzene rings is 1. The predicted molar refractivity (Wildman–Crippen MR) is 99.9 cm³/mol. The molecule has 1 aromatic heterocycles. The molecule has 0 saturated carbocycles. The molecule has 0 aliphatic carbocycles. The van der Waals surface area contributed by atoms with Crippen LogP contribution >= 0.6 is 0 Å². The second kappa shape index (κ2) is 7.93. The van der Waals surface area contributed by atoms with Crippen LogP contribution in [0.15, 0.2) is 30.5 Å². The summed E-state index contributed by atoms with van der Waals surface area (Å²) >= 11 is 0. The summed E-state index contributed by atoms with van der Waals surface area (Å²) in [7, 11) is 4.05. The van der Waals surface area contributed by atoms with Crippen molar-refractivity contribution in [1.29, 1.82) is 0 Å². The van der Waals surface area contributed by atoms with Crippen LogP contribution < -0.4 is 10.6 Å². The molecule has 0 saturated heterocycles. The van der Waals surface area contributed by atoms with E-state index in [0.29, 0.717) is 5.69 Å². The minimum absolute atomic E-state index is 0.193. The van der Waals surface area contributed by atoms with Gasteiger partial charge >= 0.3 is 0 Å². The monoisotopic (exact) mass is 326 g/mol. The number of likely N-dealkylation sites (N-methyl/N-ethyl adjacent to an activating group) is 1. The Hall–Kier alpha value is -2.40. The molecule has 1 heterocycles. The molecule has 0 spiro atoms. The first kappa shape index (κ1) is 17.9. The smallest absolute Gasteiger partial charge is 0.274 e. The van der Waals surface area contributed by atoms with E-state index in [0.717, 1.165) is 35.6 Å². The van der Waals surface area contributed by atoms with Crippen molar-refractivity contribution in [2.45, 2.75) is 20.8 Å². The van der Waals surface area contributed by atoms with E-state index in [9.17, 15) is 4.79 Å². The number of nitrogens with zero attached hydrogens (tertiary/aromatic N) is 2. The Morgan fingerprint density at radius 1 is 1.12 bits per heavy atom. The first-order chi connectivity index (χ1) is 11.4. The summed E-state index contributed by atoms with van der Waals surface area (Å²) in [5.41, 5.74) is 5.47. The first-order valence-electron chi connectivity index (χ1n) is 8.10. The lowest BCUT2D eigenvalue weighted by atomic mass is 10.0. The van der Waals surface area contributed by atoms with Gasteiger partial charge in [0.2, 0.25) is 0 Å². The van der Waals surface area contributed by atoms with Gasteiger partial charge < -0.3 is 15.5 Å². The lowest BCUT2D eigenvalue weighted by Crippen LogP contribution is -2.21. The van der Waals surface area contributed by atoms with E-state index in [4.69, 9.17) is 0 Å². The fourth-order valence-corrected chi connectivity index (χ4v) is 2.64. The zero-order chi connectivity index (χ0) is 17.7. The summed E-state index contributed by atoms with van der Waals surface area (Å²) < 4.78 is 0. The number of rotatable bonds is 6. The van der Waals surface area contributed by atoms with Crippen molar-refractivity contribution in [3.63, 3.8) is 0 Å². The molecule has 2 rings (SSSR count). The number of aromatic nitrogens is 1. The first-order valence-corrected chi connectivity index (χ1v) is 8.10. The Labute approximate surface area is 144 Å². The minimum Gasteiger partial charge on any atom is -0.384 e. The lowest BCUT2D eigenvalue weighted by molar-refractivity contribution is 0.102. The van der Waals surface area contributed by atoms with E-state index in [1.807, 2.05) is 34.0 Å². The van der Waals surface area contributed by atoms with Crippen LogP contribution in [0.2, 0.25) is 0 Å². The Morgan fingerprint density at radius 3 is 2.42 bits per heavy atom. The Balaban J connectivity index is 2.10. The topological polar surface area (TPSA) is 57.3 Å². The van der Waals surface area contributed by atoms with Gasteiger partial charge in [0.15, 0.2) is 0 Å². The quantitative estimate of drug-likeness (QED) is 0.856. The zero-order valence-corrected chi connectivity index (χ0v) is 15.1. The molecule has 24 heavy (non-hydrogen) atoms. The normalized spacial score (nSPS) is 10.8. The van der Waals surface area contributed by atoms with Crippen molar-refractivity contribution in [3.05, 3.63) is 52.8 Å². The van der Waals surface area contributed by atoms with Crippen molar-refractivity contribution >= 4 is 17.3 Å². The summed E-state index contributed by atoms with van der Waals surface area (Å²) in [5, 5.41) is 6.29. The standard InChI is InChI=1S/C19H26N4O/c1-13-10-14(2)18(15(3)11-13)22-19(24)17-12-16(6-7-21-17)20-8-9-23(4)5/h6-7,10-12H,8-9H2,1-5H3,(H,20,21)(H,22,24). The molecule has 0 bridgehead atoms. The highest BCUT2D eigenvalue weighted by atomic mass is 16.1. The Morgan fingerprint density at radius 2 is 1.79 bits per heavy atom. The molecule has 1 amide bonds. The molecular formula is C19H26N4O. The third-order valence-electron chi connectivity index (χ3n) is 3.80. The SMILES string of the molecule is Cc1cc(C)c(NC(=O)c2cc(NCCN(C)C)ccn2)c(C)c1. The average Bonchev–Trinajstić information content (AvgIpc) is 2.50. The van der Waals surface area contributed by atoms with Gasteiger partial charge in [-0.05, 0) is 58.1 Å². The van der Waals surface area contributed by atoms with Gasteiger partial charge in [-0.3, -0.25) is 9.78 Å². The molecule has 0 fully saturated rings. The summed E-state index contributed by atoms with van der Waals surface area (Å²) in [6, 6.07) is 7.78. The van der Waals surface area contributed by atoms with E-state index in [2.05, 4.69) is 39.6 Å². The van der Waals surface area contributed by atoms with Gasteiger partial charge in [-0.15, -0.1) is 0 Å². The van der Waals surface area contributed by atoms with Crippen molar-refractivity contribution in [2.24, 2.45) is 0 Å². The molecule has 0 atom stereocenters. The van der Waals surface area contributed by atoms with E-state index in [1.165, 1.54) is 5.56 Å². The number of aryl methyl sites for hydroxylation is 3. The van der Waals surface area contributed by atoms with Gasteiger partial charge in [0.05, 0.1) is 0 Å². The summed E-state index contributed by atoms with van der Waals surface area (Å²) in [4.78, 5) is 18.8. The highest BCUT2D eigenvalue weighted by molar-refractivity contribution is 6.04. The van der Waals surface area contributed by atoms with Crippen molar-refractivity contribution < 1.29 is 4.79 Å². The maximum atomic E-state index is 12.5. The number of carbonyl (C=O) groups excluding carboxylic acids is 1. The molecule has 0 aliphatic rings. The van der Waals surface area contributed by atoms with Gasteiger partial charge in [0, 0.05) is 30.7 Å². The zero-order valence-electron chi connectivity index (χ0n) is 15.1. The minimum atomic E-state index is -0.193. The second-order valence-corrected chi connectivity index (χ2v) is 6.39. The van der Waals surface area contributed by atoms with Crippen LogP contribution in [0.4, 0.5) is 11.4 Å². The maximum Gasteiger partial charge on any atom is 0.274 e. The van der Waals surface area contributed by atoms with Crippen molar-refractivity contribution in [1.82, 2.24) is 9.88 Å². The number of pyridine rings is 1. The molecule has 5 heteroatoms. The van der Waals surface area contributed by atoms with Gasteiger partial charge in [0.1, 0.15) is 5.69 Å². The van der Waals surface area contributed by atoms with Crippen LogP contribution in [-0.4, -0.2) is 43.0 Å². The van der Waals surface area contributed by atoms with E-state index >= 15 is 0 Å². The van der Waals surface area contributed by atoms with Gasteiger partial charge in [-0.25, -0.2) is 0 Å². The summed E-state index contributed by atoms with van der Waals surface area (Å²) in [5.74, 6) is -0.193. The van der Waals surface area contributed by atoms with E-state index in [-0.39, 0.29) is 5.91 Å². The van der Waals surface area contributed by atoms with E-state index in [1.54, 1.807) is 12.3 Å². The number of amides is 1. The number of nitrogens with one attached hydrogen (secondary N) is 2. The Bertz CT molecular complexity index is 702. The molecule has 0 radical (unpaired) electrons. The molecule has 0 aliphatic heterocycles. The van der Waals surface area contributed by atoms with Gasteiger partial charge in [-0.1, -0.05) is 17.7 Å². The fraction of sp³-hybridized carbons (Fsp3) is 0.368. The maximum absolute atomic E-state index is 12.5. The van der Waals surface area contributed by atoms with Crippen LogP contribution in [0.5, 0.6) is 0 Å². The third kappa shape index (κ3) is 4.80. The summed E-state index contributed by atoms with van der Waals surface area (Å²) in [6.07, 6.45) is 1.65. The molecule has 1 aromatic carbocycles. The predicted octanol–water partition coefficient (Wildman–Crippen LogP) is 3.23. The Kier molecular flexibility index (Phi) is 5.93. The molecule has 128 valence electrons. The fourth-order valence-electron chi connectivity index (χ4n) is 2.64. The molecule has 5 nitrogen and oxygen atoms in total. The molecular weight excluding hydrogens is 300 g/mol. The highest BCUT2D eigenvalue weighted by Crippen LogP contribution is 2.22. The molecule has 0 unspecified atom stereocenters. The van der Waals surface area contributed by atoms with Crippen LogP contribution in [-0.2, 0) is 0 Å². The molecule has 2 N–H and O–H groups in total. The lowest BCUT2D eigenvalue weighted by Gasteiger charge is -2.14. The van der Waals surface area contributed by atoms with Crippen LogP contribution in [0.25, 0.3) is 0 Å². The third-order valence-corrected chi connectivity index (χ3v) is 3.80. The van der Waals surface area contributed by atoms with Crippen LogP contribution in [0.1, 0.15) is 27.2 Å². The van der Waals surface area contributed by atoms with Crippen molar-refractivity contribution in [3.8, 4) is 0 Å². The largest absolute Gasteiger partial charge is 0.384 e. The average molecular weight is 326 g/mol. The highest BCUT2D eigenvalue weighted by Gasteiger charge is 2.12. The van der Waals surface area contributed by atoms with Gasteiger partial charge in [-0.2, -0.15) is 0 Å². The number of hydrogen-bond acceptors (Lipinski definition) is 4. The van der Waals surface area contributed by atoms with Crippen molar-refractivity contribution in [2.75, 3.05) is 37.8 Å². The second-order valence-electron chi connectivity index (χ2n) is 6.39.